The normalized spacial score (nSPS) is 12.2. The summed E-state index contributed by atoms with van der Waals surface area (Å²) < 4.78 is 43.6. The Balaban J connectivity index is 1.42. The molecule has 204 valence electrons. The Morgan fingerprint density at radius 3 is 2.38 bits per heavy atom. The van der Waals surface area contributed by atoms with E-state index in [-0.39, 0.29) is 23.5 Å². The molecular formula is C27H21ClF3N7O2. The minimum absolute atomic E-state index is 0.0666. The molecule has 5 aromatic rings. The molecular weight excluding hydrogens is 547 g/mol. The molecule has 0 saturated carbocycles. The Morgan fingerprint density at radius 2 is 1.75 bits per heavy atom. The van der Waals surface area contributed by atoms with Gasteiger partial charge in [0.05, 0.1) is 12.2 Å². The van der Waals surface area contributed by atoms with Gasteiger partial charge in [-0.15, -0.1) is 18.3 Å². The molecule has 1 atom stereocenters. The van der Waals surface area contributed by atoms with Gasteiger partial charge >= 0.3 is 6.36 Å². The average molecular weight is 568 g/mol. The van der Waals surface area contributed by atoms with Crippen molar-refractivity contribution in [3.8, 4) is 17.0 Å². The van der Waals surface area contributed by atoms with Crippen molar-refractivity contribution < 1.29 is 22.7 Å². The molecule has 0 radical (unpaired) electrons. The highest BCUT2D eigenvalue weighted by atomic mass is 35.5. The van der Waals surface area contributed by atoms with E-state index in [9.17, 15) is 18.0 Å². The topological polar surface area (TPSA) is 111 Å². The first-order valence-corrected chi connectivity index (χ1v) is 12.4. The van der Waals surface area contributed by atoms with Gasteiger partial charge in [-0.2, -0.15) is 10.3 Å². The maximum Gasteiger partial charge on any atom is 0.573 e. The number of nitrogens with one attached hydrogen (secondary N) is 2. The molecule has 5 rings (SSSR count). The van der Waals surface area contributed by atoms with E-state index >= 15 is 0 Å². The van der Waals surface area contributed by atoms with Crippen molar-refractivity contribution in [1.29, 1.82) is 0 Å². The minimum Gasteiger partial charge on any atom is -0.406 e. The lowest BCUT2D eigenvalue weighted by atomic mass is 9.97. The molecule has 0 bridgehead atoms. The molecule has 13 heteroatoms. The van der Waals surface area contributed by atoms with Crippen LogP contribution in [0, 0.1) is 0 Å². The number of carbonyl (C=O) groups is 1. The Labute approximate surface area is 230 Å². The van der Waals surface area contributed by atoms with Gasteiger partial charge in [-0.05, 0) is 70.9 Å². The predicted octanol–water partition coefficient (Wildman–Crippen LogP) is 6.07. The van der Waals surface area contributed by atoms with Crippen LogP contribution in [-0.4, -0.2) is 42.7 Å². The number of rotatable bonds is 8. The van der Waals surface area contributed by atoms with Gasteiger partial charge < -0.3 is 4.74 Å². The molecule has 3 aromatic carbocycles. The van der Waals surface area contributed by atoms with E-state index in [1.54, 1.807) is 12.1 Å². The summed E-state index contributed by atoms with van der Waals surface area (Å²) in [5.41, 5.74) is 4.40. The summed E-state index contributed by atoms with van der Waals surface area (Å²) in [6.45, 7) is 2.42. The summed E-state index contributed by atoms with van der Waals surface area (Å²) in [5.74, 6) is -0.707. The molecule has 0 fully saturated rings. The quantitative estimate of drug-likeness (QED) is 0.235. The Bertz CT molecular complexity index is 1590. The smallest absolute Gasteiger partial charge is 0.406 e. The van der Waals surface area contributed by atoms with Crippen LogP contribution in [0.2, 0.25) is 5.02 Å². The number of carbonyl (C=O) groups excluding carboxylic acids is 1. The SMILES string of the molecule is CC(c1ccc(Cl)cc1)c1cc(-c2ccc(OC(F)(F)F)cc2)nn1Cc1ccc(C(=O)Nc2nn[nH]n2)cc1. The summed E-state index contributed by atoms with van der Waals surface area (Å²) in [5, 5.41) is 21.0. The molecule has 0 spiro atoms. The highest BCUT2D eigenvalue weighted by molar-refractivity contribution is 6.30. The molecule has 0 aliphatic carbocycles. The zero-order valence-electron chi connectivity index (χ0n) is 20.9. The van der Waals surface area contributed by atoms with E-state index in [4.69, 9.17) is 16.7 Å². The van der Waals surface area contributed by atoms with Gasteiger partial charge in [0.25, 0.3) is 11.9 Å². The molecule has 0 aliphatic rings. The summed E-state index contributed by atoms with van der Waals surface area (Å²) in [6, 6.07) is 21.9. The van der Waals surface area contributed by atoms with Crippen molar-refractivity contribution in [2.45, 2.75) is 25.7 Å². The van der Waals surface area contributed by atoms with Crippen molar-refractivity contribution >= 4 is 23.5 Å². The summed E-state index contributed by atoms with van der Waals surface area (Å²) in [6.07, 6.45) is -4.77. The highest BCUT2D eigenvalue weighted by Gasteiger charge is 2.31. The van der Waals surface area contributed by atoms with Crippen molar-refractivity contribution in [3.05, 3.63) is 106 Å². The zero-order chi connectivity index (χ0) is 28.3. The van der Waals surface area contributed by atoms with E-state index in [0.717, 1.165) is 16.8 Å². The van der Waals surface area contributed by atoms with Crippen molar-refractivity contribution in [2.75, 3.05) is 5.32 Å². The standard InChI is InChI=1S/C27H21ClF3N7O2/c1-16(18-6-10-21(28)11-7-18)24-14-23(19-8-12-22(13-9-19)40-27(29,30)31)35-38(24)15-17-2-4-20(5-3-17)25(39)32-26-33-36-37-34-26/h2-14,16H,15H2,1H3,(H2,32,33,34,36,37,39). The number of H-pyrrole nitrogens is 1. The van der Waals surface area contributed by atoms with Crippen LogP contribution in [-0.2, 0) is 6.54 Å². The molecule has 1 unspecified atom stereocenters. The van der Waals surface area contributed by atoms with E-state index in [0.29, 0.717) is 28.4 Å². The monoisotopic (exact) mass is 567 g/mol. The van der Waals surface area contributed by atoms with Crippen molar-refractivity contribution in [2.24, 2.45) is 0 Å². The zero-order valence-corrected chi connectivity index (χ0v) is 21.6. The van der Waals surface area contributed by atoms with E-state index in [1.165, 1.54) is 24.3 Å². The van der Waals surface area contributed by atoms with E-state index in [1.807, 2.05) is 54.1 Å². The van der Waals surface area contributed by atoms with Crippen LogP contribution in [0.4, 0.5) is 19.1 Å². The third-order valence-corrected chi connectivity index (χ3v) is 6.38. The van der Waals surface area contributed by atoms with Gasteiger partial charge in [0.1, 0.15) is 5.75 Å². The van der Waals surface area contributed by atoms with E-state index in [2.05, 4.69) is 30.7 Å². The molecule has 1 amide bonds. The lowest BCUT2D eigenvalue weighted by Gasteiger charge is -2.15. The average Bonchev–Trinajstić information content (AvgIpc) is 3.59. The lowest BCUT2D eigenvalue weighted by molar-refractivity contribution is -0.274. The number of nitrogens with zero attached hydrogens (tertiary/aromatic N) is 5. The summed E-state index contributed by atoms with van der Waals surface area (Å²) in [4.78, 5) is 12.4. The molecule has 0 aliphatic heterocycles. The van der Waals surface area contributed by atoms with Crippen LogP contribution in [0.25, 0.3) is 11.3 Å². The predicted molar refractivity (Wildman–Crippen MR) is 141 cm³/mol. The fourth-order valence-corrected chi connectivity index (χ4v) is 4.25. The number of hydrogen-bond acceptors (Lipinski definition) is 6. The number of hydrogen-bond donors (Lipinski definition) is 2. The number of alkyl halides is 3. The fraction of sp³-hybridized carbons (Fsp3) is 0.148. The van der Waals surface area contributed by atoms with E-state index < -0.39 is 6.36 Å². The van der Waals surface area contributed by atoms with Gasteiger partial charge in [-0.1, -0.05) is 47.9 Å². The Hall–Kier alpha value is -4.71. The second-order valence-electron chi connectivity index (χ2n) is 8.84. The number of tetrazole rings is 1. The van der Waals surface area contributed by atoms with Crippen LogP contribution in [0.15, 0.2) is 78.9 Å². The van der Waals surface area contributed by atoms with Crippen LogP contribution in [0.3, 0.4) is 0 Å². The lowest BCUT2D eigenvalue weighted by Crippen LogP contribution is -2.16. The van der Waals surface area contributed by atoms with Crippen molar-refractivity contribution in [1.82, 2.24) is 30.4 Å². The molecule has 40 heavy (non-hydrogen) atoms. The van der Waals surface area contributed by atoms with Gasteiger partial charge in [0.2, 0.25) is 0 Å². The van der Waals surface area contributed by atoms with Crippen LogP contribution < -0.4 is 10.1 Å². The summed E-state index contributed by atoms with van der Waals surface area (Å²) >= 11 is 6.07. The minimum atomic E-state index is -4.77. The maximum atomic E-state index is 12.6. The first kappa shape index (κ1) is 26.9. The molecule has 2 aromatic heterocycles. The first-order chi connectivity index (χ1) is 19.1. The largest absolute Gasteiger partial charge is 0.573 e. The molecule has 9 nitrogen and oxygen atoms in total. The highest BCUT2D eigenvalue weighted by Crippen LogP contribution is 2.31. The first-order valence-electron chi connectivity index (χ1n) is 12.0. The molecule has 2 N–H and O–H groups in total. The second-order valence-corrected chi connectivity index (χ2v) is 9.28. The number of benzene rings is 3. The third-order valence-electron chi connectivity index (χ3n) is 6.13. The van der Waals surface area contributed by atoms with Gasteiger partial charge in [-0.25, -0.2) is 0 Å². The third kappa shape index (κ3) is 6.46. The van der Waals surface area contributed by atoms with Gasteiger partial charge in [-0.3, -0.25) is 14.8 Å². The molecule has 2 heterocycles. The number of aromatic nitrogens is 6. The Morgan fingerprint density at radius 1 is 1.05 bits per heavy atom. The molecule has 0 saturated heterocycles. The second kappa shape index (κ2) is 11.2. The number of aromatic amines is 1. The number of amides is 1. The number of ether oxygens (including phenoxy) is 1. The van der Waals surface area contributed by atoms with Gasteiger partial charge in [0.15, 0.2) is 0 Å². The fourth-order valence-electron chi connectivity index (χ4n) is 4.12. The number of halogens is 4. The van der Waals surface area contributed by atoms with Crippen LogP contribution in [0.1, 0.15) is 40.0 Å². The summed E-state index contributed by atoms with van der Waals surface area (Å²) in [7, 11) is 0. The van der Waals surface area contributed by atoms with Crippen LogP contribution >= 0.6 is 11.6 Å². The van der Waals surface area contributed by atoms with Crippen LogP contribution in [0.5, 0.6) is 5.75 Å². The van der Waals surface area contributed by atoms with Gasteiger partial charge in [0, 0.05) is 27.8 Å². The van der Waals surface area contributed by atoms with Crippen molar-refractivity contribution in [3.63, 3.8) is 0 Å². The Kier molecular flexibility index (Phi) is 7.52. The maximum absolute atomic E-state index is 12.6. The number of anilines is 1.